The number of rotatable bonds is 5. The van der Waals surface area contributed by atoms with Crippen LogP contribution in [-0.2, 0) is 11.2 Å². The number of thiazole rings is 1. The number of ether oxygens (including phenoxy) is 2. The zero-order valence-corrected chi connectivity index (χ0v) is 15.7. The smallest absolute Gasteiger partial charge is 0.226 e. The minimum atomic E-state index is -0.134. The Morgan fingerprint density at radius 2 is 2.11 bits per heavy atom. The quantitative estimate of drug-likeness (QED) is 0.733. The first-order chi connectivity index (χ1) is 13.2. The topological polar surface area (TPSA) is 73.3 Å². The zero-order chi connectivity index (χ0) is 18.6. The van der Waals surface area contributed by atoms with Gasteiger partial charge in [0.05, 0.1) is 18.2 Å². The lowest BCUT2D eigenvalue weighted by molar-refractivity contribution is -0.121. The number of fused-ring (bicyclic) bond motifs is 1. The van der Waals surface area contributed by atoms with Crippen molar-refractivity contribution in [3.05, 3.63) is 59.4 Å². The average Bonchev–Trinajstić information content (AvgIpc) is 3.16. The molecule has 4 rings (SSSR count). The number of carbonyl (C=O) groups is 1. The first-order valence-corrected chi connectivity index (χ1v) is 9.61. The average molecular weight is 381 g/mol. The number of hydrogen-bond acceptors (Lipinski definition) is 6. The molecule has 27 heavy (non-hydrogen) atoms. The maximum Gasteiger partial charge on any atom is 0.226 e. The molecule has 1 amide bonds. The van der Waals surface area contributed by atoms with Crippen molar-refractivity contribution in [1.82, 2.24) is 15.3 Å². The minimum Gasteiger partial charge on any atom is -0.486 e. The van der Waals surface area contributed by atoms with Crippen LogP contribution in [0.1, 0.15) is 24.2 Å². The van der Waals surface area contributed by atoms with Gasteiger partial charge in [-0.2, -0.15) is 0 Å². The highest BCUT2D eigenvalue weighted by Crippen LogP contribution is 2.32. The van der Waals surface area contributed by atoms with Crippen LogP contribution in [0.15, 0.2) is 48.1 Å². The Kier molecular flexibility index (Phi) is 5.02. The van der Waals surface area contributed by atoms with Crippen LogP contribution in [0.4, 0.5) is 0 Å². The summed E-state index contributed by atoms with van der Waals surface area (Å²) >= 11 is 1.51. The second kappa shape index (κ2) is 7.75. The summed E-state index contributed by atoms with van der Waals surface area (Å²) in [6.07, 6.45) is 3.74. The van der Waals surface area contributed by atoms with Gasteiger partial charge in [-0.05, 0) is 36.8 Å². The maximum atomic E-state index is 12.4. The molecule has 0 saturated heterocycles. The van der Waals surface area contributed by atoms with Gasteiger partial charge in [0, 0.05) is 23.3 Å². The molecule has 2 aromatic heterocycles. The molecule has 1 unspecified atom stereocenters. The number of carbonyl (C=O) groups excluding carboxylic acids is 1. The monoisotopic (exact) mass is 381 g/mol. The number of hydrogen-bond donors (Lipinski definition) is 1. The first-order valence-electron chi connectivity index (χ1n) is 8.73. The van der Waals surface area contributed by atoms with E-state index in [9.17, 15) is 4.79 Å². The number of pyridine rings is 1. The van der Waals surface area contributed by atoms with Crippen molar-refractivity contribution < 1.29 is 14.3 Å². The fraction of sp³-hybridized carbons (Fsp3) is 0.250. The van der Waals surface area contributed by atoms with Crippen molar-refractivity contribution in [2.24, 2.45) is 0 Å². The van der Waals surface area contributed by atoms with Gasteiger partial charge in [-0.25, -0.2) is 4.98 Å². The van der Waals surface area contributed by atoms with Crippen molar-refractivity contribution >= 4 is 17.2 Å². The van der Waals surface area contributed by atoms with E-state index in [1.807, 2.05) is 42.6 Å². The molecule has 3 heterocycles. The van der Waals surface area contributed by atoms with Gasteiger partial charge in [0.25, 0.3) is 0 Å². The lowest BCUT2D eigenvalue weighted by atomic mass is 10.1. The van der Waals surface area contributed by atoms with Gasteiger partial charge in [-0.1, -0.05) is 6.07 Å². The molecule has 0 bridgehead atoms. The molecule has 6 nitrogen and oxygen atoms in total. The highest BCUT2D eigenvalue weighted by atomic mass is 32.1. The van der Waals surface area contributed by atoms with Crippen molar-refractivity contribution in [2.75, 3.05) is 13.2 Å². The molecule has 1 N–H and O–H groups in total. The Labute approximate surface area is 161 Å². The van der Waals surface area contributed by atoms with Crippen molar-refractivity contribution in [1.29, 1.82) is 0 Å². The van der Waals surface area contributed by atoms with E-state index in [0.29, 0.717) is 13.2 Å². The van der Waals surface area contributed by atoms with E-state index in [1.165, 1.54) is 11.3 Å². The molecular formula is C20H19N3O3S. The van der Waals surface area contributed by atoms with Crippen LogP contribution in [0, 0.1) is 0 Å². The Morgan fingerprint density at radius 3 is 2.93 bits per heavy atom. The van der Waals surface area contributed by atoms with Crippen LogP contribution in [-0.4, -0.2) is 29.1 Å². The van der Waals surface area contributed by atoms with Crippen LogP contribution in [0.25, 0.3) is 10.6 Å². The lowest BCUT2D eigenvalue weighted by Gasteiger charge is -2.21. The second-order valence-electron chi connectivity index (χ2n) is 6.25. The predicted octanol–water partition coefficient (Wildman–Crippen LogP) is 3.40. The standard InChI is InChI=1S/C20H19N3O3S/c1-13(14-4-5-17-18(9-14)26-8-7-25-17)22-19(24)10-16-12-27-20(23-16)15-3-2-6-21-11-15/h2-6,9,11-13H,7-8,10H2,1H3,(H,22,24). The molecule has 0 fully saturated rings. The van der Waals surface area contributed by atoms with E-state index in [1.54, 1.807) is 12.4 Å². The third-order valence-corrected chi connectivity index (χ3v) is 5.19. The van der Waals surface area contributed by atoms with Gasteiger partial charge >= 0.3 is 0 Å². The second-order valence-corrected chi connectivity index (χ2v) is 7.11. The fourth-order valence-corrected chi connectivity index (χ4v) is 3.69. The van der Waals surface area contributed by atoms with E-state index in [-0.39, 0.29) is 18.4 Å². The molecule has 7 heteroatoms. The van der Waals surface area contributed by atoms with Gasteiger partial charge < -0.3 is 14.8 Å². The molecule has 1 aliphatic rings. The number of aromatic nitrogens is 2. The third kappa shape index (κ3) is 4.09. The molecular weight excluding hydrogens is 362 g/mol. The van der Waals surface area contributed by atoms with Crippen LogP contribution >= 0.6 is 11.3 Å². The van der Waals surface area contributed by atoms with Gasteiger partial charge in [0.1, 0.15) is 18.2 Å². The third-order valence-electron chi connectivity index (χ3n) is 4.25. The molecule has 0 saturated carbocycles. The molecule has 0 aliphatic carbocycles. The molecule has 1 atom stereocenters. The summed E-state index contributed by atoms with van der Waals surface area (Å²) in [5, 5.41) is 5.80. The van der Waals surface area contributed by atoms with Crippen molar-refractivity contribution in [3.63, 3.8) is 0 Å². The molecule has 1 aromatic carbocycles. The number of nitrogens with one attached hydrogen (secondary N) is 1. The molecule has 3 aromatic rings. The Bertz CT molecular complexity index is 943. The van der Waals surface area contributed by atoms with E-state index >= 15 is 0 Å². The summed E-state index contributed by atoms with van der Waals surface area (Å²) in [6.45, 7) is 3.05. The lowest BCUT2D eigenvalue weighted by Crippen LogP contribution is -2.28. The van der Waals surface area contributed by atoms with Gasteiger partial charge in [0.15, 0.2) is 11.5 Å². The van der Waals surface area contributed by atoms with E-state index in [2.05, 4.69) is 15.3 Å². The van der Waals surface area contributed by atoms with E-state index in [0.717, 1.165) is 33.3 Å². The van der Waals surface area contributed by atoms with Crippen molar-refractivity contribution in [3.8, 4) is 22.1 Å². The largest absolute Gasteiger partial charge is 0.486 e. The Morgan fingerprint density at radius 1 is 1.26 bits per heavy atom. The number of nitrogens with zero attached hydrogens (tertiary/aromatic N) is 2. The van der Waals surface area contributed by atoms with Crippen molar-refractivity contribution in [2.45, 2.75) is 19.4 Å². The minimum absolute atomic E-state index is 0.0691. The molecule has 138 valence electrons. The first kappa shape index (κ1) is 17.5. The van der Waals surface area contributed by atoms with Gasteiger partial charge in [-0.3, -0.25) is 9.78 Å². The van der Waals surface area contributed by atoms with Crippen LogP contribution in [0.5, 0.6) is 11.5 Å². The summed E-state index contributed by atoms with van der Waals surface area (Å²) in [6, 6.07) is 9.44. The SMILES string of the molecule is CC(NC(=O)Cc1csc(-c2cccnc2)n1)c1ccc2c(c1)OCCO2. The number of benzene rings is 1. The van der Waals surface area contributed by atoms with Gasteiger partial charge in [0.2, 0.25) is 5.91 Å². The van der Waals surface area contributed by atoms with E-state index < -0.39 is 0 Å². The Hall–Kier alpha value is -2.93. The normalized spacial score (nSPS) is 13.8. The van der Waals surface area contributed by atoms with Crippen LogP contribution in [0.3, 0.4) is 0 Å². The van der Waals surface area contributed by atoms with Crippen LogP contribution in [0.2, 0.25) is 0 Å². The predicted molar refractivity (Wildman–Crippen MR) is 103 cm³/mol. The highest BCUT2D eigenvalue weighted by Gasteiger charge is 2.16. The highest BCUT2D eigenvalue weighted by molar-refractivity contribution is 7.13. The van der Waals surface area contributed by atoms with Gasteiger partial charge in [-0.15, -0.1) is 11.3 Å². The van der Waals surface area contributed by atoms with Crippen LogP contribution < -0.4 is 14.8 Å². The summed E-state index contributed by atoms with van der Waals surface area (Å²) in [5.74, 6) is 1.40. The summed E-state index contributed by atoms with van der Waals surface area (Å²) in [5.41, 5.74) is 2.69. The Balaban J connectivity index is 1.39. The zero-order valence-electron chi connectivity index (χ0n) is 14.8. The summed E-state index contributed by atoms with van der Waals surface area (Å²) < 4.78 is 11.1. The van der Waals surface area contributed by atoms with E-state index in [4.69, 9.17) is 9.47 Å². The molecule has 0 radical (unpaired) electrons. The molecule has 0 spiro atoms. The fourth-order valence-electron chi connectivity index (χ4n) is 2.88. The summed E-state index contributed by atoms with van der Waals surface area (Å²) in [4.78, 5) is 21.1. The maximum absolute atomic E-state index is 12.4. The summed E-state index contributed by atoms with van der Waals surface area (Å²) in [7, 11) is 0. The number of amides is 1. The molecule has 1 aliphatic heterocycles.